The van der Waals surface area contributed by atoms with Gasteiger partial charge in [0, 0.05) is 5.33 Å². The molecule has 5 heteroatoms. The molecule has 84 valence electrons. The first kappa shape index (κ1) is 13.2. The summed E-state index contributed by atoms with van der Waals surface area (Å²) in [4.78, 5) is 0. The largest absolute Gasteiger partial charge is 0.434 e. The Morgan fingerprint density at radius 3 is 2.67 bits per heavy atom. The molecule has 0 aliphatic heterocycles. The van der Waals surface area contributed by atoms with E-state index in [1.165, 1.54) is 0 Å². The van der Waals surface area contributed by atoms with Crippen molar-refractivity contribution < 1.29 is 13.5 Å². The van der Waals surface area contributed by atoms with E-state index in [4.69, 9.17) is 0 Å². The molecule has 0 aliphatic carbocycles. The van der Waals surface area contributed by atoms with Crippen LogP contribution in [0.5, 0.6) is 5.75 Å². The average molecular weight is 391 g/mol. The van der Waals surface area contributed by atoms with Gasteiger partial charge in [-0.1, -0.05) is 22.0 Å². The van der Waals surface area contributed by atoms with Gasteiger partial charge in [-0.25, -0.2) is 0 Å². The Hall–Kier alpha value is 0.0900. The summed E-state index contributed by atoms with van der Waals surface area (Å²) in [6.07, 6.45) is 1.97. The lowest BCUT2D eigenvalue weighted by Gasteiger charge is -2.08. The second-order valence-corrected chi connectivity index (χ2v) is 4.89. The molecule has 1 nitrogen and oxygen atoms in total. The smallest absolute Gasteiger partial charge is 0.387 e. The van der Waals surface area contributed by atoms with E-state index in [1.807, 2.05) is 34.7 Å². The Labute approximate surface area is 109 Å². The highest BCUT2D eigenvalue weighted by molar-refractivity contribution is 14.1. The Kier molecular flexibility index (Phi) is 5.81. The van der Waals surface area contributed by atoms with Gasteiger partial charge in [-0.05, 0) is 53.1 Å². The summed E-state index contributed by atoms with van der Waals surface area (Å²) in [6, 6.07) is 5.29. The normalized spacial score (nSPS) is 10.7. The first-order valence-electron chi connectivity index (χ1n) is 4.42. The quantitative estimate of drug-likeness (QED) is 0.540. The molecule has 0 aliphatic rings. The summed E-state index contributed by atoms with van der Waals surface area (Å²) in [6.45, 7) is -2.76. The van der Waals surface area contributed by atoms with E-state index in [0.29, 0.717) is 0 Å². The lowest BCUT2D eigenvalue weighted by molar-refractivity contribution is -0.0504. The van der Waals surface area contributed by atoms with Crippen LogP contribution in [0.25, 0.3) is 0 Å². The van der Waals surface area contributed by atoms with Crippen molar-refractivity contribution in [2.24, 2.45) is 0 Å². The third kappa shape index (κ3) is 4.63. The third-order valence-electron chi connectivity index (χ3n) is 1.81. The van der Waals surface area contributed by atoms with Crippen molar-refractivity contribution in [2.45, 2.75) is 19.5 Å². The molecule has 0 unspecified atom stereocenters. The highest BCUT2D eigenvalue weighted by Crippen LogP contribution is 2.24. The average Bonchev–Trinajstić information content (AvgIpc) is 2.18. The number of hydrogen-bond donors (Lipinski definition) is 0. The van der Waals surface area contributed by atoms with Crippen LogP contribution in [-0.2, 0) is 6.42 Å². The first-order valence-corrected chi connectivity index (χ1v) is 6.62. The van der Waals surface area contributed by atoms with Crippen molar-refractivity contribution in [2.75, 3.05) is 5.33 Å². The van der Waals surface area contributed by atoms with Gasteiger partial charge < -0.3 is 4.74 Å². The second kappa shape index (κ2) is 6.62. The van der Waals surface area contributed by atoms with Crippen molar-refractivity contribution >= 4 is 38.5 Å². The molecule has 0 bridgehead atoms. The lowest BCUT2D eigenvalue weighted by Crippen LogP contribution is -2.03. The first-order chi connectivity index (χ1) is 7.13. The van der Waals surface area contributed by atoms with Crippen LogP contribution in [0.3, 0.4) is 0 Å². The number of ether oxygens (including phenoxy) is 1. The molecule has 1 rings (SSSR count). The van der Waals surface area contributed by atoms with Gasteiger partial charge in [0.2, 0.25) is 0 Å². The zero-order valence-electron chi connectivity index (χ0n) is 7.85. The zero-order chi connectivity index (χ0) is 11.3. The van der Waals surface area contributed by atoms with Crippen LogP contribution in [0.4, 0.5) is 8.78 Å². The van der Waals surface area contributed by atoms with Crippen LogP contribution in [0.2, 0.25) is 0 Å². The molecule has 0 radical (unpaired) electrons. The van der Waals surface area contributed by atoms with E-state index in [1.54, 1.807) is 6.07 Å². The molecular weight excluding hydrogens is 381 g/mol. The SMILES string of the molecule is FC(F)Oc1ccc(CCCBr)cc1I. The van der Waals surface area contributed by atoms with Gasteiger partial charge in [0.15, 0.2) is 0 Å². The minimum Gasteiger partial charge on any atom is -0.434 e. The van der Waals surface area contributed by atoms with E-state index in [9.17, 15) is 8.78 Å². The third-order valence-corrected chi connectivity index (χ3v) is 3.22. The molecule has 1 aromatic carbocycles. The van der Waals surface area contributed by atoms with E-state index in [-0.39, 0.29) is 5.75 Å². The molecule has 0 saturated carbocycles. The molecule has 0 fully saturated rings. The van der Waals surface area contributed by atoms with Gasteiger partial charge in [0.1, 0.15) is 5.75 Å². The van der Waals surface area contributed by atoms with Crippen molar-refractivity contribution in [3.05, 3.63) is 27.3 Å². The lowest BCUT2D eigenvalue weighted by atomic mass is 10.1. The van der Waals surface area contributed by atoms with Crippen molar-refractivity contribution in [1.82, 2.24) is 0 Å². The predicted molar refractivity (Wildman–Crippen MR) is 67.9 cm³/mol. The van der Waals surface area contributed by atoms with Gasteiger partial charge in [-0.15, -0.1) is 0 Å². The fourth-order valence-electron chi connectivity index (χ4n) is 1.16. The maximum atomic E-state index is 12.0. The molecule has 0 spiro atoms. The van der Waals surface area contributed by atoms with Gasteiger partial charge in [0.25, 0.3) is 0 Å². The Morgan fingerprint density at radius 1 is 1.40 bits per heavy atom. The van der Waals surface area contributed by atoms with Crippen molar-refractivity contribution in [3.63, 3.8) is 0 Å². The summed E-state index contributed by atoms with van der Waals surface area (Å²) >= 11 is 5.35. The summed E-state index contributed by atoms with van der Waals surface area (Å²) < 4.78 is 29.0. The minimum absolute atomic E-state index is 0.244. The number of benzene rings is 1. The van der Waals surface area contributed by atoms with Gasteiger partial charge >= 0.3 is 6.61 Å². The van der Waals surface area contributed by atoms with Crippen LogP contribution < -0.4 is 4.74 Å². The topological polar surface area (TPSA) is 9.23 Å². The molecule has 15 heavy (non-hydrogen) atoms. The van der Waals surface area contributed by atoms with E-state index in [0.717, 1.165) is 27.3 Å². The fraction of sp³-hybridized carbons (Fsp3) is 0.400. The zero-order valence-corrected chi connectivity index (χ0v) is 11.6. The molecule has 0 N–H and O–H groups in total. The van der Waals surface area contributed by atoms with Gasteiger partial charge in [-0.3, -0.25) is 0 Å². The minimum atomic E-state index is -2.76. The van der Waals surface area contributed by atoms with E-state index >= 15 is 0 Å². The molecule has 0 saturated heterocycles. The number of hydrogen-bond acceptors (Lipinski definition) is 1. The summed E-state index contributed by atoms with van der Waals surface area (Å²) in [5.41, 5.74) is 1.14. The molecule has 1 aromatic rings. The monoisotopic (exact) mass is 390 g/mol. The number of alkyl halides is 3. The Morgan fingerprint density at radius 2 is 2.13 bits per heavy atom. The fourth-order valence-corrected chi connectivity index (χ4v) is 2.15. The predicted octanol–water partition coefficient (Wildman–Crippen LogP) is 4.22. The van der Waals surface area contributed by atoms with E-state index in [2.05, 4.69) is 20.7 Å². The maximum Gasteiger partial charge on any atom is 0.387 e. The van der Waals surface area contributed by atoms with Crippen molar-refractivity contribution in [3.8, 4) is 5.75 Å². The molecule has 0 heterocycles. The number of rotatable bonds is 5. The standard InChI is InChI=1S/C10H10BrF2IO/c11-5-1-2-7-3-4-9(8(14)6-7)15-10(12)13/h3-4,6,10H,1-2,5H2. The van der Waals surface area contributed by atoms with Crippen LogP contribution in [-0.4, -0.2) is 11.9 Å². The second-order valence-electron chi connectivity index (χ2n) is 2.94. The Bertz CT molecular complexity index is 320. The van der Waals surface area contributed by atoms with Gasteiger partial charge in [0.05, 0.1) is 3.57 Å². The Balaban J connectivity index is 2.70. The van der Waals surface area contributed by atoms with Crippen LogP contribution in [0.15, 0.2) is 18.2 Å². The summed E-state index contributed by atoms with van der Waals surface area (Å²) in [7, 11) is 0. The van der Waals surface area contributed by atoms with Crippen LogP contribution >= 0.6 is 38.5 Å². The van der Waals surface area contributed by atoms with Gasteiger partial charge in [-0.2, -0.15) is 8.78 Å². The molecule has 0 amide bonds. The molecule has 0 aromatic heterocycles. The highest BCUT2D eigenvalue weighted by Gasteiger charge is 2.08. The van der Waals surface area contributed by atoms with Crippen LogP contribution in [0, 0.1) is 3.57 Å². The highest BCUT2D eigenvalue weighted by atomic mass is 127. The van der Waals surface area contributed by atoms with Crippen molar-refractivity contribution in [1.29, 1.82) is 0 Å². The number of halogens is 4. The number of aryl methyl sites for hydroxylation is 1. The van der Waals surface area contributed by atoms with Crippen LogP contribution in [0.1, 0.15) is 12.0 Å². The summed E-state index contributed by atoms with van der Waals surface area (Å²) in [5.74, 6) is 0.244. The molecule has 0 atom stereocenters. The molecular formula is C10H10BrF2IO. The summed E-state index contributed by atoms with van der Waals surface area (Å²) in [5, 5.41) is 0.943. The van der Waals surface area contributed by atoms with E-state index < -0.39 is 6.61 Å². The maximum absolute atomic E-state index is 12.0.